The number of hydrogen-bond donors (Lipinski definition) is 1. The lowest BCUT2D eigenvalue weighted by Gasteiger charge is -2.17. The van der Waals surface area contributed by atoms with E-state index < -0.39 is 10.0 Å². The lowest BCUT2D eigenvalue weighted by molar-refractivity contribution is 0.0946. The quantitative estimate of drug-likeness (QED) is 0.615. The van der Waals surface area contributed by atoms with Crippen molar-refractivity contribution in [3.8, 4) is 5.75 Å². The molecule has 0 aliphatic carbocycles. The highest BCUT2D eigenvalue weighted by Crippen LogP contribution is 2.28. The molecule has 0 aromatic heterocycles. The van der Waals surface area contributed by atoms with Crippen molar-refractivity contribution in [3.63, 3.8) is 0 Å². The first-order valence-corrected chi connectivity index (χ1v) is 11.9. The summed E-state index contributed by atoms with van der Waals surface area (Å²) in [6.07, 6.45) is 1.66. The van der Waals surface area contributed by atoms with Crippen molar-refractivity contribution >= 4 is 27.5 Å². The number of carbonyl (C=O) groups is 1. The number of ether oxygens (including phenoxy) is 1. The maximum atomic E-state index is 12.8. The molecule has 6 nitrogen and oxygen atoms in total. The predicted octanol–water partition coefficient (Wildman–Crippen LogP) is 4.06. The van der Waals surface area contributed by atoms with E-state index >= 15 is 0 Å². The molecule has 2 aromatic carbocycles. The Balaban J connectivity index is 1.62. The number of amides is 1. The summed E-state index contributed by atoms with van der Waals surface area (Å²) in [7, 11) is -3.70. The molecule has 1 heterocycles. The molecule has 30 heavy (non-hydrogen) atoms. The molecule has 3 rings (SSSR count). The monoisotopic (exact) mass is 450 g/mol. The Labute approximate surface area is 183 Å². The molecule has 0 radical (unpaired) electrons. The molecule has 2 aromatic rings. The minimum Gasteiger partial charge on any atom is -0.491 e. The third kappa shape index (κ3) is 5.14. The van der Waals surface area contributed by atoms with Crippen LogP contribution >= 0.6 is 11.6 Å². The number of para-hydroxylation sites is 1. The zero-order valence-corrected chi connectivity index (χ0v) is 18.8. The molecule has 1 saturated heterocycles. The topological polar surface area (TPSA) is 75.7 Å². The van der Waals surface area contributed by atoms with Gasteiger partial charge >= 0.3 is 0 Å². The van der Waals surface area contributed by atoms with Gasteiger partial charge in [0.05, 0.1) is 11.6 Å². The standard InChI is InChI=1S/C22H27ClN2O4S/c1-16(2)18-7-3-4-8-20(18)29-14-11-24-22(26)17-9-10-19(23)21(15-17)30(27,28)25-12-5-6-13-25/h3-4,7-10,15-16H,5-6,11-14H2,1-2H3,(H,24,26). The Morgan fingerprint density at radius 2 is 1.87 bits per heavy atom. The maximum absolute atomic E-state index is 12.8. The summed E-state index contributed by atoms with van der Waals surface area (Å²) in [4.78, 5) is 12.5. The summed E-state index contributed by atoms with van der Waals surface area (Å²) in [5, 5.41) is 2.89. The van der Waals surface area contributed by atoms with Crippen LogP contribution in [0.15, 0.2) is 47.4 Å². The summed E-state index contributed by atoms with van der Waals surface area (Å²) in [6.45, 7) is 5.75. The smallest absolute Gasteiger partial charge is 0.251 e. The van der Waals surface area contributed by atoms with Gasteiger partial charge in [0.1, 0.15) is 17.3 Å². The number of nitrogens with zero attached hydrogens (tertiary/aromatic N) is 1. The van der Waals surface area contributed by atoms with Gasteiger partial charge in [0.2, 0.25) is 10.0 Å². The third-order valence-corrected chi connectivity index (χ3v) is 7.44. The van der Waals surface area contributed by atoms with Crippen molar-refractivity contribution in [3.05, 3.63) is 58.6 Å². The molecule has 1 N–H and O–H groups in total. The second-order valence-corrected chi connectivity index (χ2v) is 9.87. The number of rotatable bonds is 8. The summed E-state index contributed by atoms with van der Waals surface area (Å²) in [6, 6.07) is 12.1. The van der Waals surface area contributed by atoms with E-state index in [-0.39, 0.29) is 21.4 Å². The van der Waals surface area contributed by atoms with Crippen LogP contribution in [0.2, 0.25) is 5.02 Å². The van der Waals surface area contributed by atoms with Crippen molar-refractivity contribution in [1.29, 1.82) is 0 Å². The van der Waals surface area contributed by atoms with Crippen molar-refractivity contribution < 1.29 is 17.9 Å². The highest BCUT2D eigenvalue weighted by Gasteiger charge is 2.29. The van der Waals surface area contributed by atoms with Crippen LogP contribution < -0.4 is 10.1 Å². The normalized spacial score (nSPS) is 14.8. The Kier molecular flexibility index (Phi) is 7.39. The molecule has 1 aliphatic rings. The molecule has 0 spiro atoms. The van der Waals surface area contributed by atoms with Crippen LogP contribution in [0.4, 0.5) is 0 Å². The van der Waals surface area contributed by atoms with Crippen LogP contribution in [0.1, 0.15) is 48.5 Å². The van der Waals surface area contributed by atoms with Gasteiger partial charge in [-0.3, -0.25) is 4.79 Å². The van der Waals surface area contributed by atoms with Crippen molar-refractivity contribution in [2.24, 2.45) is 0 Å². The molecule has 1 aliphatic heterocycles. The number of carbonyl (C=O) groups excluding carboxylic acids is 1. The van der Waals surface area contributed by atoms with E-state index in [1.807, 2.05) is 24.3 Å². The van der Waals surface area contributed by atoms with E-state index in [0.717, 1.165) is 24.2 Å². The number of halogens is 1. The highest BCUT2D eigenvalue weighted by atomic mass is 35.5. The van der Waals surface area contributed by atoms with Crippen LogP contribution in [0, 0.1) is 0 Å². The van der Waals surface area contributed by atoms with Crippen molar-refractivity contribution in [2.45, 2.75) is 37.5 Å². The van der Waals surface area contributed by atoms with Crippen LogP contribution in [0.3, 0.4) is 0 Å². The number of nitrogens with one attached hydrogen (secondary N) is 1. The van der Waals surface area contributed by atoms with E-state index in [0.29, 0.717) is 32.2 Å². The fourth-order valence-corrected chi connectivity index (χ4v) is 5.44. The van der Waals surface area contributed by atoms with Crippen LogP contribution in [0.25, 0.3) is 0 Å². The molecule has 0 saturated carbocycles. The molecular weight excluding hydrogens is 424 g/mol. The average Bonchev–Trinajstić information content (AvgIpc) is 3.27. The van der Waals surface area contributed by atoms with Gasteiger partial charge in [0.25, 0.3) is 5.91 Å². The molecule has 0 atom stereocenters. The fourth-order valence-electron chi connectivity index (χ4n) is 3.43. The van der Waals surface area contributed by atoms with Gasteiger partial charge in [-0.2, -0.15) is 4.31 Å². The average molecular weight is 451 g/mol. The minimum atomic E-state index is -3.70. The van der Waals surface area contributed by atoms with E-state index in [1.165, 1.54) is 22.5 Å². The van der Waals surface area contributed by atoms with Gasteiger partial charge in [-0.25, -0.2) is 8.42 Å². The van der Waals surface area contributed by atoms with Gasteiger partial charge in [-0.1, -0.05) is 43.6 Å². The lowest BCUT2D eigenvalue weighted by Crippen LogP contribution is -2.30. The molecule has 0 unspecified atom stereocenters. The molecular formula is C22H27ClN2O4S. The van der Waals surface area contributed by atoms with E-state index in [4.69, 9.17) is 16.3 Å². The maximum Gasteiger partial charge on any atom is 0.251 e. The minimum absolute atomic E-state index is 0.0270. The summed E-state index contributed by atoms with van der Waals surface area (Å²) >= 11 is 6.14. The van der Waals surface area contributed by atoms with Gasteiger partial charge in [-0.05, 0) is 48.6 Å². The number of benzene rings is 2. The first-order chi connectivity index (χ1) is 14.3. The molecule has 1 amide bonds. The van der Waals surface area contributed by atoms with Crippen molar-refractivity contribution in [2.75, 3.05) is 26.2 Å². The van der Waals surface area contributed by atoms with Crippen LogP contribution in [0.5, 0.6) is 5.75 Å². The fraction of sp³-hybridized carbons (Fsp3) is 0.409. The molecule has 0 bridgehead atoms. The first-order valence-electron chi connectivity index (χ1n) is 10.1. The molecule has 8 heteroatoms. The Morgan fingerprint density at radius 1 is 1.17 bits per heavy atom. The summed E-state index contributed by atoms with van der Waals surface area (Å²) in [5.41, 5.74) is 1.36. The Hall–Kier alpha value is -2.09. The predicted molar refractivity (Wildman–Crippen MR) is 118 cm³/mol. The van der Waals surface area contributed by atoms with E-state index in [1.54, 1.807) is 0 Å². The van der Waals surface area contributed by atoms with E-state index in [9.17, 15) is 13.2 Å². The Bertz CT molecular complexity index is 1000. The number of hydrogen-bond acceptors (Lipinski definition) is 4. The second-order valence-electron chi connectivity index (χ2n) is 7.55. The SMILES string of the molecule is CC(C)c1ccccc1OCCNC(=O)c1ccc(Cl)c(S(=O)(=O)N2CCCC2)c1. The Morgan fingerprint density at radius 3 is 2.57 bits per heavy atom. The highest BCUT2D eigenvalue weighted by molar-refractivity contribution is 7.89. The van der Waals surface area contributed by atoms with Gasteiger partial charge in [-0.15, -0.1) is 0 Å². The molecule has 162 valence electrons. The zero-order valence-electron chi connectivity index (χ0n) is 17.2. The van der Waals surface area contributed by atoms with E-state index in [2.05, 4.69) is 19.2 Å². The summed E-state index contributed by atoms with van der Waals surface area (Å²) in [5.74, 6) is 0.762. The summed E-state index contributed by atoms with van der Waals surface area (Å²) < 4.78 is 32.9. The largest absolute Gasteiger partial charge is 0.491 e. The lowest BCUT2D eigenvalue weighted by atomic mass is 10.0. The first kappa shape index (κ1) is 22.6. The van der Waals surface area contributed by atoms with Crippen molar-refractivity contribution in [1.82, 2.24) is 9.62 Å². The third-order valence-electron chi connectivity index (χ3n) is 5.06. The van der Waals surface area contributed by atoms with Gasteiger partial charge in [0, 0.05) is 18.7 Å². The zero-order chi connectivity index (χ0) is 21.7. The second kappa shape index (κ2) is 9.81. The van der Waals surface area contributed by atoms with Crippen LogP contribution in [-0.2, 0) is 10.0 Å². The van der Waals surface area contributed by atoms with Gasteiger partial charge < -0.3 is 10.1 Å². The van der Waals surface area contributed by atoms with Gasteiger partial charge in [0.15, 0.2) is 0 Å². The molecule has 1 fully saturated rings. The number of sulfonamides is 1. The van der Waals surface area contributed by atoms with Crippen LogP contribution in [-0.4, -0.2) is 44.9 Å².